The van der Waals surface area contributed by atoms with Gasteiger partial charge in [-0.15, -0.1) is 0 Å². The van der Waals surface area contributed by atoms with E-state index in [0.717, 1.165) is 58.5 Å². The van der Waals surface area contributed by atoms with Crippen LogP contribution in [0.1, 0.15) is 46.0 Å². The molecule has 2 heterocycles. The van der Waals surface area contributed by atoms with Gasteiger partial charge in [-0.1, -0.05) is 6.42 Å². The van der Waals surface area contributed by atoms with E-state index in [2.05, 4.69) is 13.8 Å². The quantitative estimate of drug-likeness (QED) is 0.804. The van der Waals surface area contributed by atoms with Gasteiger partial charge in [0.05, 0.1) is 31.5 Å². The topological polar surface area (TPSA) is 42.0 Å². The first kappa shape index (κ1) is 16.1. The largest absolute Gasteiger partial charge is 0.378 e. The lowest BCUT2D eigenvalue weighted by atomic mass is 9.89. The molecular weight excluding hydrogens is 280 g/mol. The lowest BCUT2D eigenvalue weighted by molar-refractivity contribution is -0.136. The van der Waals surface area contributed by atoms with Crippen molar-refractivity contribution in [3.63, 3.8) is 0 Å². The third-order valence-electron chi connectivity index (χ3n) is 5.38. The van der Waals surface area contributed by atoms with Gasteiger partial charge >= 0.3 is 6.03 Å². The third kappa shape index (κ3) is 3.25. The summed E-state index contributed by atoms with van der Waals surface area (Å²) in [6, 6.07) is 0.218. The van der Waals surface area contributed by atoms with E-state index in [1.807, 2.05) is 9.80 Å². The lowest BCUT2D eigenvalue weighted by Crippen LogP contribution is -2.58. The predicted molar refractivity (Wildman–Crippen MR) is 84.9 cm³/mol. The van der Waals surface area contributed by atoms with Crippen LogP contribution in [0.25, 0.3) is 0 Å². The van der Waals surface area contributed by atoms with Gasteiger partial charge in [0.25, 0.3) is 0 Å². The van der Waals surface area contributed by atoms with Crippen molar-refractivity contribution in [1.82, 2.24) is 9.80 Å². The van der Waals surface area contributed by atoms with Crippen LogP contribution in [0.15, 0.2) is 0 Å². The Balaban J connectivity index is 1.64. The normalized spacial score (nSPS) is 32.4. The number of hydrogen-bond acceptors (Lipinski definition) is 3. The van der Waals surface area contributed by atoms with Crippen molar-refractivity contribution in [3.05, 3.63) is 0 Å². The van der Waals surface area contributed by atoms with Crippen LogP contribution in [-0.2, 0) is 9.47 Å². The Hall–Kier alpha value is -0.810. The highest BCUT2D eigenvalue weighted by atomic mass is 16.5. The van der Waals surface area contributed by atoms with E-state index >= 15 is 0 Å². The van der Waals surface area contributed by atoms with Gasteiger partial charge in [0, 0.05) is 25.6 Å². The summed E-state index contributed by atoms with van der Waals surface area (Å²) in [5.74, 6) is 0.420. The number of carbonyl (C=O) groups is 1. The molecule has 0 unspecified atom stereocenters. The van der Waals surface area contributed by atoms with Crippen molar-refractivity contribution in [2.45, 2.75) is 57.7 Å². The molecule has 126 valence electrons. The van der Waals surface area contributed by atoms with Gasteiger partial charge < -0.3 is 19.3 Å². The fourth-order valence-corrected chi connectivity index (χ4v) is 4.14. The third-order valence-corrected chi connectivity index (χ3v) is 5.38. The van der Waals surface area contributed by atoms with Gasteiger partial charge in [-0.2, -0.15) is 0 Å². The smallest absolute Gasteiger partial charge is 0.320 e. The zero-order valence-corrected chi connectivity index (χ0v) is 14.1. The number of carbonyl (C=O) groups excluding carboxylic acids is 1. The molecule has 2 atom stereocenters. The second kappa shape index (κ2) is 6.75. The van der Waals surface area contributed by atoms with E-state index < -0.39 is 0 Å². The Labute approximate surface area is 133 Å². The molecule has 3 rings (SSSR count). The van der Waals surface area contributed by atoms with Crippen LogP contribution in [-0.4, -0.2) is 66.9 Å². The number of urea groups is 1. The Bertz CT molecular complexity index is 395. The number of ether oxygens (including phenoxy) is 2. The molecule has 1 saturated carbocycles. The molecule has 0 radical (unpaired) electrons. The number of amides is 2. The maximum absolute atomic E-state index is 12.7. The number of rotatable bonds is 3. The molecule has 5 heteroatoms. The van der Waals surface area contributed by atoms with Crippen molar-refractivity contribution in [2.24, 2.45) is 5.92 Å². The van der Waals surface area contributed by atoms with E-state index in [0.29, 0.717) is 12.5 Å². The van der Waals surface area contributed by atoms with Gasteiger partial charge in [-0.25, -0.2) is 4.79 Å². The van der Waals surface area contributed by atoms with E-state index in [4.69, 9.17) is 9.47 Å². The standard InChI is InChI=1S/C17H30N2O3/c1-14(2)21-12-15-6-5-7-17(15)13-19(10-11-22-17)16(20)18-8-3-4-9-18/h14-15H,3-13H2,1-2H3/t15-,17+/m1/s1. The lowest BCUT2D eigenvalue weighted by Gasteiger charge is -2.45. The molecule has 1 spiro atoms. The first-order valence-electron chi connectivity index (χ1n) is 8.90. The van der Waals surface area contributed by atoms with E-state index in [9.17, 15) is 4.79 Å². The van der Waals surface area contributed by atoms with Gasteiger partial charge in [-0.3, -0.25) is 0 Å². The Morgan fingerprint density at radius 3 is 2.73 bits per heavy atom. The van der Waals surface area contributed by atoms with Gasteiger partial charge in [0.1, 0.15) is 0 Å². The molecule has 0 aromatic heterocycles. The minimum atomic E-state index is -0.164. The molecule has 0 bridgehead atoms. The summed E-state index contributed by atoms with van der Waals surface area (Å²) in [5, 5.41) is 0. The number of morpholine rings is 1. The molecule has 0 aromatic rings. The summed E-state index contributed by atoms with van der Waals surface area (Å²) in [4.78, 5) is 16.7. The Morgan fingerprint density at radius 1 is 1.23 bits per heavy atom. The van der Waals surface area contributed by atoms with Crippen molar-refractivity contribution in [1.29, 1.82) is 0 Å². The molecule has 0 N–H and O–H groups in total. The molecule has 2 amide bonds. The van der Waals surface area contributed by atoms with E-state index in [-0.39, 0.29) is 17.7 Å². The highest BCUT2D eigenvalue weighted by molar-refractivity contribution is 5.75. The summed E-state index contributed by atoms with van der Waals surface area (Å²) >= 11 is 0. The fraction of sp³-hybridized carbons (Fsp3) is 0.941. The summed E-state index contributed by atoms with van der Waals surface area (Å²) in [6.07, 6.45) is 5.93. The maximum Gasteiger partial charge on any atom is 0.320 e. The molecule has 3 aliphatic rings. The highest BCUT2D eigenvalue weighted by Crippen LogP contribution is 2.41. The average molecular weight is 310 g/mol. The van der Waals surface area contributed by atoms with Gasteiger partial charge in [-0.05, 0) is 39.5 Å². The first-order chi connectivity index (χ1) is 10.6. The highest BCUT2D eigenvalue weighted by Gasteiger charge is 2.48. The minimum Gasteiger partial charge on any atom is -0.378 e. The first-order valence-corrected chi connectivity index (χ1v) is 8.90. The minimum absolute atomic E-state index is 0.164. The maximum atomic E-state index is 12.7. The summed E-state index contributed by atoms with van der Waals surface area (Å²) < 4.78 is 12.1. The zero-order valence-electron chi connectivity index (χ0n) is 14.1. The average Bonchev–Trinajstić information content (AvgIpc) is 3.15. The Kier molecular flexibility index (Phi) is 4.93. The van der Waals surface area contributed by atoms with Crippen LogP contribution in [0.5, 0.6) is 0 Å². The number of likely N-dealkylation sites (tertiary alicyclic amines) is 1. The molecule has 2 aliphatic heterocycles. The van der Waals surface area contributed by atoms with Crippen LogP contribution in [0.2, 0.25) is 0 Å². The van der Waals surface area contributed by atoms with Crippen molar-refractivity contribution in [2.75, 3.05) is 39.4 Å². The van der Waals surface area contributed by atoms with Crippen molar-refractivity contribution in [3.8, 4) is 0 Å². The fourth-order valence-electron chi connectivity index (χ4n) is 4.14. The van der Waals surface area contributed by atoms with Crippen LogP contribution in [0.3, 0.4) is 0 Å². The molecule has 0 aromatic carbocycles. The van der Waals surface area contributed by atoms with Crippen LogP contribution < -0.4 is 0 Å². The second-order valence-corrected chi connectivity index (χ2v) is 7.28. The Morgan fingerprint density at radius 2 is 2.00 bits per heavy atom. The molecule has 22 heavy (non-hydrogen) atoms. The van der Waals surface area contributed by atoms with Crippen LogP contribution in [0.4, 0.5) is 4.79 Å². The van der Waals surface area contributed by atoms with E-state index in [1.54, 1.807) is 0 Å². The summed E-state index contributed by atoms with van der Waals surface area (Å²) in [5.41, 5.74) is -0.164. The van der Waals surface area contributed by atoms with Crippen molar-refractivity contribution < 1.29 is 14.3 Å². The monoisotopic (exact) mass is 310 g/mol. The number of hydrogen-bond donors (Lipinski definition) is 0. The number of nitrogens with zero attached hydrogens (tertiary/aromatic N) is 2. The molecule has 5 nitrogen and oxygen atoms in total. The second-order valence-electron chi connectivity index (χ2n) is 7.28. The summed E-state index contributed by atoms with van der Waals surface area (Å²) in [6.45, 7) is 8.88. The van der Waals surface area contributed by atoms with Gasteiger partial charge in [0.15, 0.2) is 0 Å². The summed E-state index contributed by atoms with van der Waals surface area (Å²) in [7, 11) is 0. The molecule has 2 saturated heterocycles. The molecule has 3 fully saturated rings. The van der Waals surface area contributed by atoms with Crippen LogP contribution in [0, 0.1) is 5.92 Å². The predicted octanol–water partition coefficient (Wildman–Crippen LogP) is 2.50. The molecular formula is C17H30N2O3. The SMILES string of the molecule is CC(C)OC[C@H]1CCC[C@]12CN(C(=O)N1CCCC1)CCO2. The van der Waals surface area contributed by atoms with Crippen LogP contribution >= 0.6 is 0 Å². The van der Waals surface area contributed by atoms with Crippen molar-refractivity contribution >= 4 is 6.03 Å². The zero-order chi connectivity index (χ0) is 15.6. The molecule has 1 aliphatic carbocycles. The van der Waals surface area contributed by atoms with E-state index in [1.165, 1.54) is 6.42 Å². The van der Waals surface area contributed by atoms with Gasteiger partial charge in [0.2, 0.25) is 0 Å².